The average molecular weight is 388 g/mol. The molecule has 0 aliphatic carbocycles. The summed E-state index contributed by atoms with van der Waals surface area (Å²) >= 11 is 0. The van der Waals surface area contributed by atoms with Crippen LogP contribution in [0.2, 0.25) is 0 Å². The maximum absolute atomic E-state index is 12.0. The normalized spacial score (nSPS) is 20.4. The van der Waals surface area contributed by atoms with Crippen molar-refractivity contribution in [2.45, 2.75) is 46.1 Å². The van der Waals surface area contributed by atoms with E-state index in [9.17, 15) is 4.79 Å². The maximum Gasteiger partial charge on any atom is 0.238 e. The van der Waals surface area contributed by atoms with Gasteiger partial charge in [-0.15, -0.1) is 0 Å². The van der Waals surface area contributed by atoms with E-state index in [4.69, 9.17) is 0 Å². The van der Waals surface area contributed by atoms with Gasteiger partial charge in [-0.25, -0.2) is 0 Å². The summed E-state index contributed by atoms with van der Waals surface area (Å²) in [5.74, 6) is 0.957. The Labute approximate surface area is 170 Å². The lowest BCUT2D eigenvalue weighted by molar-refractivity contribution is -0.116. The minimum Gasteiger partial charge on any atom is -0.352 e. The number of carbonyl (C=O) groups excluding carboxylic acids is 1. The number of likely N-dealkylation sites (N-methyl/N-ethyl adjacent to an activating group) is 1. The monoisotopic (exact) mass is 387 g/mol. The zero-order chi connectivity index (χ0) is 20.6. The molecule has 156 valence electrons. The fourth-order valence-corrected chi connectivity index (χ4v) is 4.06. The van der Waals surface area contributed by atoms with E-state index >= 15 is 0 Å². The van der Waals surface area contributed by atoms with Crippen LogP contribution in [0.25, 0.3) is 0 Å². The molecule has 0 spiro atoms. The number of aliphatic imine (C=N–C) groups is 1. The zero-order valence-electron chi connectivity index (χ0n) is 18.2. The first-order valence-corrected chi connectivity index (χ1v) is 10.3. The maximum atomic E-state index is 12.0. The zero-order valence-corrected chi connectivity index (χ0v) is 18.2. The lowest BCUT2D eigenvalue weighted by Crippen LogP contribution is -2.49. The summed E-state index contributed by atoms with van der Waals surface area (Å²) in [6.07, 6.45) is 4.99. The summed E-state index contributed by atoms with van der Waals surface area (Å²) in [4.78, 5) is 20.7. The van der Waals surface area contributed by atoms with E-state index in [0.29, 0.717) is 18.5 Å². The molecule has 1 aliphatic rings. The van der Waals surface area contributed by atoms with Gasteiger partial charge in [0.2, 0.25) is 5.91 Å². The van der Waals surface area contributed by atoms with Gasteiger partial charge in [0.1, 0.15) is 0 Å². The molecule has 0 saturated carbocycles. The Hall–Kier alpha value is -2.08. The highest BCUT2D eigenvalue weighted by Crippen LogP contribution is 2.33. The van der Waals surface area contributed by atoms with Crippen LogP contribution in [0.5, 0.6) is 0 Å². The molecular formula is C22H37N5O. The van der Waals surface area contributed by atoms with Crippen LogP contribution < -0.4 is 10.6 Å². The highest BCUT2D eigenvalue weighted by molar-refractivity contribution is 5.92. The van der Waals surface area contributed by atoms with Crippen LogP contribution in [-0.4, -0.2) is 62.4 Å². The molecule has 1 amide bonds. The molecule has 1 atom stereocenters. The fourth-order valence-electron chi connectivity index (χ4n) is 4.06. The quantitative estimate of drug-likeness (QED) is 0.557. The molecule has 2 N–H and O–H groups in total. The topological polar surface area (TPSA) is 60.0 Å². The molecule has 1 fully saturated rings. The molecule has 0 radical (unpaired) electrons. The van der Waals surface area contributed by atoms with Gasteiger partial charge >= 0.3 is 0 Å². The Kier molecular flexibility index (Phi) is 8.30. The van der Waals surface area contributed by atoms with Crippen molar-refractivity contribution in [3.63, 3.8) is 0 Å². The molecule has 1 saturated heterocycles. The summed E-state index contributed by atoms with van der Waals surface area (Å²) in [5, 5.41) is 6.46. The second-order valence-electron chi connectivity index (χ2n) is 8.47. The van der Waals surface area contributed by atoms with Gasteiger partial charge in [-0.3, -0.25) is 9.79 Å². The van der Waals surface area contributed by atoms with Crippen molar-refractivity contribution in [2.24, 2.45) is 10.4 Å². The van der Waals surface area contributed by atoms with Gasteiger partial charge in [0, 0.05) is 32.4 Å². The third-order valence-corrected chi connectivity index (χ3v) is 5.27. The molecule has 0 aromatic heterocycles. The van der Waals surface area contributed by atoms with Crippen LogP contribution in [0.1, 0.15) is 45.1 Å². The summed E-state index contributed by atoms with van der Waals surface area (Å²) < 4.78 is 0. The van der Waals surface area contributed by atoms with Crippen LogP contribution in [0.3, 0.4) is 0 Å². The van der Waals surface area contributed by atoms with Crippen molar-refractivity contribution in [1.82, 2.24) is 15.1 Å². The van der Waals surface area contributed by atoms with Crippen molar-refractivity contribution in [2.75, 3.05) is 46.1 Å². The van der Waals surface area contributed by atoms with Crippen LogP contribution in [0.15, 0.2) is 29.3 Å². The third kappa shape index (κ3) is 6.82. The number of nitrogens with zero attached hydrogens (tertiary/aromatic N) is 3. The van der Waals surface area contributed by atoms with Gasteiger partial charge in [-0.05, 0) is 56.5 Å². The third-order valence-electron chi connectivity index (χ3n) is 5.27. The van der Waals surface area contributed by atoms with Crippen molar-refractivity contribution in [3.05, 3.63) is 29.8 Å². The molecular weight excluding hydrogens is 350 g/mol. The number of guanidine groups is 1. The highest BCUT2D eigenvalue weighted by Gasteiger charge is 2.31. The predicted octanol–water partition coefficient (Wildman–Crippen LogP) is 3.16. The van der Waals surface area contributed by atoms with E-state index in [1.54, 1.807) is 0 Å². The van der Waals surface area contributed by atoms with Gasteiger partial charge in [0.05, 0.1) is 6.54 Å². The van der Waals surface area contributed by atoms with Crippen LogP contribution in [-0.2, 0) is 11.3 Å². The van der Waals surface area contributed by atoms with Crippen LogP contribution in [0, 0.1) is 5.41 Å². The minimum atomic E-state index is -0.00514. The van der Waals surface area contributed by atoms with Crippen molar-refractivity contribution in [1.29, 1.82) is 0 Å². The van der Waals surface area contributed by atoms with E-state index in [-0.39, 0.29) is 5.91 Å². The van der Waals surface area contributed by atoms with Gasteiger partial charge in [-0.1, -0.05) is 32.4 Å². The first kappa shape index (κ1) is 22.2. The summed E-state index contributed by atoms with van der Waals surface area (Å²) in [6.45, 7) is 7.84. The number of carbonyl (C=O) groups is 1. The van der Waals surface area contributed by atoms with Gasteiger partial charge < -0.3 is 20.4 Å². The van der Waals surface area contributed by atoms with Gasteiger partial charge in [-0.2, -0.15) is 0 Å². The first-order valence-electron chi connectivity index (χ1n) is 10.3. The molecule has 1 aromatic carbocycles. The molecule has 0 bridgehead atoms. The number of hydrogen-bond acceptors (Lipinski definition) is 3. The Morgan fingerprint density at radius 2 is 2.14 bits per heavy atom. The molecule has 6 heteroatoms. The number of anilines is 1. The predicted molar refractivity (Wildman–Crippen MR) is 118 cm³/mol. The Balaban J connectivity index is 1.94. The standard InChI is InChI=1S/C22H37N5O/c1-6-11-22(2)12-8-13-27(17-22)21(23-3)24-15-18-9-7-10-19(14-18)25-20(28)16-26(4)5/h7,9-10,14H,6,8,11-13,15-17H2,1-5H3,(H,23,24)(H,25,28). The van der Waals surface area contributed by atoms with Gasteiger partial charge in [0.15, 0.2) is 5.96 Å². The van der Waals surface area contributed by atoms with Gasteiger partial charge in [0.25, 0.3) is 0 Å². The summed E-state index contributed by atoms with van der Waals surface area (Å²) in [5.41, 5.74) is 2.33. The number of hydrogen-bond donors (Lipinski definition) is 2. The molecule has 1 heterocycles. The SMILES string of the molecule is CCCC1(C)CCCN(C(=NC)NCc2cccc(NC(=O)CN(C)C)c2)C1. The molecule has 1 aromatic rings. The molecule has 1 aliphatic heterocycles. The fraction of sp³-hybridized carbons (Fsp3) is 0.636. The number of likely N-dealkylation sites (tertiary alicyclic amines) is 1. The first-order chi connectivity index (χ1) is 13.3. The number of piperidine rings is 1. The second-order valence-corrected chi connectivity index (χ2v) is 8.47. The second kappa shape index (κ2) is 10.5. The largest absolute Gasteiger partial charge is 0.352 e. The minimum absolute atomic E-state index is 0.00514. The highest BCUT2D eigenvalue weighted by atomic mass is 16.2. The van der Waals surface area contributed by atoms with Crippen LogP contribution >= 0.6 is 0 Å². The number of nitrogens with one attached hydrogen (secondary N) is 2. The molecule has 28 heavy (non-hydrogen) atoms. The average Bonchev–Trinajstić information content (AvgIpc) is 2.62. The van der Waals surface area contributed by atoms with Crippen molar-refractivity contribution in [3.8, 4) is 0 Å². The van der Waals surface area contributed by atoms with Crippen LogP contribution in [0.4, 0.5) is 5.69 Å². The lowest BCUT2D eigenvalue weighted by Gasteiger charge is -2.42. The molecule has 6 nitrogen and oxygen atoms in total. The van der Waals surface area contributed by atoms with Crippen molar-refractivity contribution < 1.29 is 4.79 Å². The van der Waals surface area contributed by atoms with E-state index in [2.05, 4.69) is 40.4 Å². The smallest absolute Gasteiger partial charge is 0.238 e. The molecule has 1 unspecified atom stereocenters. The molecule has 2 rings (SSSR count). The number of benzene rings is 1. The van der Waals surface area contributed by atoms with Crippen molar-refractivity contribution >= 4 is 17.6 Å². The summed E-state index contributed by atoms with van der Waals surface area (Å²) in [6, 6.07) is 7.99. The van der Waals surface area contributed by atoms with E-state index in [1.165, 1.54) is 25.7 Å². The lowest BCUT2D eigenvalue weighted by atomic mass is 9.78. The van der Waals surface area contributed by atoms with E-state index < -0.39 is 0 Å². The summed E-state index contributed by atoms with van der Waals surface area (Å²) in [7, 11) is 5.63. The van der Waals surface area contributed by atoms with E-state index in [1.807, 2.05) is 44.2 Å². The Morgan fingerprint density at radius 3 is 2.82 bits per heavy atom. The number of rotatable bonds is 7. The van der Waals surface area contributed by atoms with E-state index in [0.717, 1.165) is 30.3 Å². The Bertz CT molecular complexity index is 669. The number of amides is 1. The Morgan fingerprint density at radius 1 is 1.36 bits per heavy atom.